The quantitative estimate of drug-likeness (QED) is 0.724. The van der Waals surface area contributed by atoms with Crippen molar-refractivity contribution >= 4 is 11.4 Å². The second-order valence-electron chi connectivity index (χ2n) is 3.31. The fourth-order valence-electron chi connectivity index (χ4n) is 1.60. The van der Waals surface area contributed by atoms with E-state index in [0.29, 0.717) is 5.56 Å². The molecule has 0 aromatic carbocycles. The monoisotopic (exact) mass is 188 g/mol. The number of hydrogen-bond acceptors (Lipinski definition) is 1. The van der Waals surface area contributed by atoms with E-state index in [1.54, 1.807) is 7.05 Å². The van der Waals surface area contributed by atoms with Crippen molar-refractivity contribution in [3.05, 3.63) is 41.7 Å². The molecule has 2 heterocycles. The molecule has 0 saturated heterocycles. The van der Waals surface area contributed by atoms with Gasteiger partial charge in [-0.1, -0.05) is 0 Å². The number of amides is 1. The third-order valence-corrected chi connectivity index (χ3v) is 2.24. The lowest BCUT2D eigenvalue weighted by Crippen LogP contribution is -2.18. The summed E-state index contributed by atoms with van der Waals surface area (Å²) in [6.07, 6.45) is 3.94. The number of carbonyl (C=O) groups is 1. The molecule has 1 N–H and O–H groups in total. The van der Waals surface area contributed by atoms with Crippen LogP contribution in [0, 0.1) is 6.92 Å². The summed E-state index contributed by atoms with van der Waals surface area (Å²) < 4.78 is 1.96. The van der Waals surface area contributed by atoms with E-state index < -0.39 is 0 Å². The molecule has 14 heavy (non-hydrogen) atoms. The fourth-order valence-corrected chi connectivity index (χ4v) is 1.60. The Morgan fingerprint density at radius 2 is 2.29 bits per heavy atom. The van der Waals surface area contributed by atoms with Crippen LogP contribution in [-0.4, -0.2) is 17.4 Å². The predicted octanol–water partition coefficient (Wildman–Crippen LogP) is 1.61. The largest absolute Gasteiger partial charge is 0.355 e. The minimum absolute atomic E-state index is 0.0475. The highest BCUT2D eigenvalue weighted by molar-refractivity contribution is 6.00. The van der Waals surface area contributed by atoms with Gasteiger partial charge in [-0.2, -0.15) is 0 Å². The molecule has 0 saturated carbocycles. The number of aryl methyl sites for hydroxylation is 1. The molecule has 1 amide bonds. The zero-order valence-electron chi connectivity index (χ0n) is 8.24. The molecule has 0 bridgehead atoms. The molecule has 0 radical (unpaired) electrons. The van der Waals surface area contributed by atoms with Crippen molar-refractivity contribution in [1.82, 2.24) is 9.72 Å². The molecule has 0 aliphatic heterocycles. The van der Waals surface area contributed by atoms with Gasteiger partial charge in [-0.25, -0.2) is 0 Å². The number of carbonyl (C=O) groups excluding carboxylic acids is 1. The number of nitrogens with one attached hydrogen (secondary N) is 1. The summed E-state index contributed by atoms with van der Waals surface area (Å²) in [5.74, 6) is -0.0475. The second-order valence-corrected chi connectivity index (χ2v) is 3.31. The highest BCUT2D eigenvalue weighted by atomic mass is 16.1. The summed E-state index contributed by atoms with van der Waals surface area (Å²) in [4.78, 5) is 11.5. The number of aromatic nitrogens is 1. The maximum atomic E-state index is 11.5. The van der Waals surface area contributed by atoms with Crippen LogP contribution in [0.2, 0.25) is 0 Å². The highest BCUT2D eigenvalue weighted by Crippen LogP contribution is 2.14. The number of fused-ring (bicyclic) bond motifs is 1. The molecule has 0 aliphatic carbocycles. The summed E-state index contributed by atoms with van der Waals surface area (Å²) in [7, 11) is 1.64. The second kappa shape index (κ2) is 3.18. The first kappa shape index (κ1) is 8.81. The summed E-state index contributed by atoms with van der Waals surface area (Å²) in [5.41, 5.74) is 2.81. The topological polar surface area (TPSA) is 33.5 Å². The van der Waals surface area contributed by atoms with Gasteiger partial charge in [0.15, 0.2) is 0 Å². The van der Waals surface area contributed by atoms with E-state index in [1.165, 1.54) is 0 Å². The number of hydrogen-bond donors (Lipinski definition) is 1. The smallest absolute Gasteiger partial charge is 0.253 e. The zero-order valence-corrected chi connectivity index (χ0v) is 8.24. The number of rotatable bonds is 1. The van der Waals surface area contributed by atoms with E-state index in [0.717, 1.165) is 11.1 Å². The summed E-state index contributed by atoms with van der Waals surface area (Å²) in [5, 5.41) is 2.63. The van der Waals surface area contributed by atoms with E-state index in [9.17, 15) is 4.79 Å². The average molecular weight is 188 g/mol. The van der Waals surface area contributed by atoms with Crippen molar-refractivity contribution in [2.24, 2.45) is 0 Å². The van der Waals surface area contributed by atoms with Gasteiger partial charge in [0.05, 0.1) is 11.1 Å². The molecule has 3 nitrogen and oxygen atoms in total. The summed E-state index contributed by atoms with van der Waals surface area (Å²) in [6.45, 7) is 2.01. The van der Waals surface area contributed by atoms with Crippen LogP contribution in [0.4, 0.5) is 0 Å². The van der Waals surface area contributed by atoms with E-state index in [-0.39, 0.29) is 5.91 Å². The lowest BCUT2D eigenvalue weighted by atomic mass is 10.2. The van der Waals surface area contributed by atoms with E-state index in [4.69, 9.17) is 0 Å². The van der Waals surface area contributed by atoms with Gasteiger partial charge in [0.1, 0.15) is 0 Å². The Hall–Kier alpha value is -1.77. The molecular weight excluding hydrogens is 176 g/mol. The SMILES string of the molecule is CNC(=O)c1cccn2cc(C)cc12. The van der Waals surface area contributed by atoms with Gasteiger partial charge in [0.2, 0.25) is 0 Å². The average Bonchev–Trinajstić information content (AvgIpc) is 2.56. The number of nitrogens with zero attached hydrogens (tertiary/aromatic N) is 1. The van der Waals surface area contributed by atoms with Crippen LogP contribution in [0.3, 0.4) is 0 Å². The normalized spacial score (nSPS) is 10.4. The molecule has 0 fully saturated rings. The van der Waals surface area contributed by atoms with E-state index >= 15 is 0 Å². The first-order valence-electron chi connectivity index (χ1n) is 4.52. The Morgan fingerprint density at radius 1 is 1.50 bits per heavy atom. The van der Waals surface area contributed by atoms with Gasteiger partial charge in [0.25, 0.3) is 5.91 Å². The van der Waals surface area contributed by atoms with E-state index in [1.807, 2.05) is 41.9 Å². The van der Waals surface area contributed by atoms with Crippen LogP contribution in [0.5, 0.6) is 0 Å². The van der Waals surface area contributed by atoms with Crippen molar-refractivity contribution < 1.29 is 4.79 Å². The maximum Gasteiger partial charge on any atom is 0.253 e. The van der Waals surface area contributed by atoms with Crippen LogP contribution in [0.15, 0.2) is 30.6 Å². The van der Waals surface area contributed by atoms with Crippen LogP contribution in [0.1, 0.15) is 15.9 Å². The van der Waals surface area contributed by atoms with Gasteiger partial charge in [-0.05, 0) is 30.7 Å². The molecule has 72 valence electrons. The van der Waals surface area contributed by atoms with Gasteiger partial charge in [0, 0.05) is 19.4 Å². The fraction of sp³-hybridized carbons (Fsp3) is 0.182. The van der Waals surface area contributed by atoms with Crippen molar-refractivity contribution in [1.29, 1.82) is 0 Å². The molecule has 2 aromatic heterocycles. The maximum absolute atomic E-state index is 11.5. The van der Waals surface area contributed by atoms with Crippen LogP contribution < -0.4 is 5.32 Å². The Kier molecular flexibility index (Phi) is 2.00. The first-order valence-corrected chi connectivity index (χ1v) is 4.52. The third kappa shape index (κ3) is 1.27. The highest BCUT2D eigenvalue weighted by Gasteiger charge is 2.08. The molecule has 0 aliphatic rings. The van der Waals surface area contributed by atoms with Gasteiger partial charge < -0.3 is 9.72 Å². The molecular formula is C11H12N2O. The van der Waals surface area contributed by atoms with E-state index in [2.05, 4.69) is 5.32 Å². The minimum atomic E-state index is -0.0475. The van der Waals surface area contributed by atoms with Crippen molar-refractivity contribution in [2.75, 3.05) is 7.05 Å². The molecule has 2 rings (SSSR count). The Labute approximate surface area is 82.4 Å². The molecule has 3 heteroatoms. The standard InChI is InChI=1S/C11H12N2O/c1-8-6-10-9(11(14)12-2)4-3-5-13(10)7-8/h3-7H,1-2H3,(H,12,14). The van der Waals surface area contributed by atoms with Gasteiger partial charge >= 0.3 is 0 Å². The first-order chi connectivity index (χ1) is 6.72. The molecule has 0 spiro atoms. The van der Waals surface area contributed by atoms with Crippen LogP contribution >= 0.6 is 0 Å². The lowest BCUT2D eigenvalue weighted by molar-refractivity contribution is 0.0964. The molecule has 0 atom stereocenters. The van der Waals surface area contributed by atoms with Crippen molar-refractivity contribution in [3.8, 4) is 0 Å². The Morgan fingerprint density at radius 3 is 3.00 bits per heavy atom. The van der Waals surface area contributed by atoms with Gasteiger partial charge in [-0.15, -0.1) is 0 Å². The third-order valence-electron chi connectivity index (χ3n) is 2.24. The summed E-state index contributed by atoms with van der Waals surface area (Å²) in [6, 6.07) is 5.70. The predicted molar refractivity (Wildman–Crippen MR) is 55.5 cm³/mol. The van der Waals surface area contributed by atoms with Crippen LogP contribution in [-0.2, 0) is 0 Å². The van der Waals surface area contributed by atoms with Gasteiger partial charge in [-0.3, -0.25) is 4.79 Å². The van der Waals surface area contributed by atoms with Crippen molar-refractivity contribution in [2.45, 2.75) is 6.92 Å². The number of pyridine rings is 1. The Bertz CT molecular complexity index is 485. The van der Waals surface area contributed by atoms with Crippen LogP contribution in [0.25, 0.3) is 5.52 Å². The molecule has 0 unspecified atom stereocenters. The van der Waals surface area contributed by atoms with Crippen molar-refractivity contribution in [3.63, 3.8) is 0 Å². The molecule has 2 aromatic rings. The summed E-state index contributed by atoms with van der Waals surface area (Å²) >= 11 is 0. The minimum Gasteiger partial charge on any atom is -0.355 e. The Balaban J connectivity index is 2.70. The zero-order chi connectivity index (χ0) is 10.1. The lowest BCUT2D eigenvalue weighted by Gasteiger charge is -2.02.